The van der Waals surface area contributed by atoms with Gasteiger partial charge in [0.25, 0.3) is 0 Å². The first-order valence-corrected chi connectivity index (χ1v) is 9.40. The SMILES string of the molecule is CC(CN(C)Cc1ccccc1)NC(=O)C1CC2CCCCC2N1.Cl. The van der Waals surface area contributed by atoms with Gasteiger partial charge in [-0.05, 0) is 44.7 Å². The van der Waals surface area contributed by atoms with E-state index < -0.39 is 0 Å². The van der Waals surface area contributed by atoms with Crippen molar-refractivity contribution in [2.75, 3.05) is 13.6 Å². The van der Waals surface area contributed by atoms with E-state index in [4.69, 9.17) is 0 Å². The zero-order valence-corrected chi connectivity index (χ0v) is 16.2. The van der Waals surface area contributed by atoms with E-state index in [0.717, 1.165) is 19.5 Å². The molecule has 1 aromatic carbocycles. The Morgan fingerprint density at radius 2 is 2.00 bits per heavy atom. The minimum Gasteiger partial charge on any atom is -0.351 e. The maximum absolute atomic E-state index is 12.5. The number of rotatable bonds is 6. The van der Waals surface area contributed by atoms with Crippen LogP contribution in [0.3, 0.4) is 0 Å². The fraction of sp³-hybridized carbons (Fsp3) is 0.650. The van der Waals surface area contributed by atoms with Crippen molar-refractivity contribution in [3.63, 3.8) is 0 Å². The quantitative estimate of drug-likeness (QED) is 0.814. The molecule has 2 fully saturated rings. The van der Waals surface area contributed by atoms with Crippen LogP contribution in [0.5, 0.6) is 0 Å². The third-order valence-electron chi connectivity index (χ3n) is 5.45. The predicted octanol–water partition coefficient (Wildman–Crippen LogP) is 2.97. The van der Waals surface area contributed by atoms with Crippen molar-refractivity contribution in [2.24, 2.45) is 5.92 Å². The molecule has 5 heteroatoms. The standard InChI is InChI=1S/C20H31N3O.ClH/c1-15(13-23(2)14-16-8-4-3-5-9-16)21-20(24)19-12-17-10-6-7-11-18(17)22-19;/h3-5,8-9,15,17-19,22H,6-7,10-14H2,1-2H3,(H,21,24);1H. The molecule has 0 bridgehead atoms. The lowest BCUT2D eigenvalue weighted by Crippen LogP contribution is -2.48. The van der Waals surface area contributed by atoms with Crippen LogP contribution >= 0.6 is 12.4 Å². The number of halogens is 1. The fourth-order valence-electron chi connectivity index (χ4n) is 4.34. The molecule has 140 valence electrons. The molecule has 2 N–H and O–H groups in total. The Bertz CT molecular complexity index is 525. The molecule has 1 aliphatic carbocycles. The average molecular weight is 366 g/mol. The molecule has 1 saturated carbocycles. The molecule has 1 aromatic rings. The van der Waals surface area contributed by atoms with Gasteiger partial charge in [0.2, 0.25) is 5.91 Å². The Morgan fingerprint density at radius 1 is 1.28 bits per heavy atom. The fourth-order valence-corrected chi connectivity index (χ4v) is 4.34. The first kappa shape index (κ1) is 20.2. The molecule has 2 aliphatic rings. The third kappa shape index (κ3) is 5.70. The maximum Gasteiger partial charge on any atom is 0.237 e. The van der Waals surface area contributed by atoms with E-state index >= 15 is 0 Å². The summed E-state index contributed by atoms with van der Waals surface area (Å²) in [5.41, 5.74) is 1.31. The highest BCUT2D eigenvalue weighted by atomic mass is 35.5. The summed E-state index contributed by atoms with van der Waals surface area (Å²) < 4.78 is 0. The van der Waals surface area contributed by atoms with Gasteiger partial charge in [0, 0.05) is 25.2 Å². The largest absolute Gasteiger partial charge is 0.351 e. The number of hydrogen-bond donors (Lipinski definition) is 2. The van der Waals surface area contributed by atoms with Crippen molar-refractivity contribution in [3.8, 4) is 0 Å². The molecule has 1 aliphatic heterocycles. The van der Waals surface area contributed by atoms with E-state index in [0.29, 0.717) is 12.0 Å². The van der Waals surface area contributed by atoms with Crippen LogP contribution in [0, 0.1) is 5.92 Å². The Labute approximate surface area is 158 Å². The smallest absolute Gasteiger partial charge is 0.237 e. The van der Waals surface area contributed by atoms with E-state index in [1.165, 1.54) is 31.2 Å². The Balaban J connectivity index is 0.00000225. The molecule has 0 radical (unpaired) electrons. The highest BCUT2D eigenvalue weighted by molar-refractivity contribution is 5.85. The number of amides is 1. The molecule has 1 heterocycles. The number of nitrogens with zero attached hydrogens (tertiary/aromatic N) is 1. The molecule has 4 nitrogen and oxygen atoms in total. The number of carbonyl (C=O) groups is 1. The van der Waals surface area contributed by atoms with Gasteiger partial charge in [0.05, 0.1) is 6.04 Å². The number of nitrogens with one attached hydrogen (secondary N) is 2. The zero-order valence-electron chi connectivity index (χ0n) is 15.4. The Hall–Kier alpha value is -1.10. The summed E-state index contributed by atoms with van der Waals surface area (Å²) in [5, 5.41) is 6.77. The molecule has 4 unspecified atom stereocenters. The van der Waals surface area contributed by atoms with Crippen molar-refractivity contribution in [1.82, 2.24) is 15.5 Å². The number of hydrogen-bond acceptors (Lipinski definition) is 3. The summed E-state index contributed by atoms with van der Waals surface area (Å²) >= 11 is 0. The summed E-state index contributed by atoms with van der Waals surface area (Å²) in [5.74, 6) is 0.899. The second-order valence-corrected chi connectivity index (χ2v) is 7.70. The predicted molar refractivity (Wildman–Crippen MR) is 105 cm³/mol. The Kier molecular flexibility index (Phi) is 7.73. The van der Waals surface area contributed by atoms with E-state index in [2.05, 4.69) is 53.8 Å². The normalized spacial score (nSPS) is 26.6. The monoisotopic (exact) mass is 365 g/mol. The van der Waals surface area contributed by atoms with Crippen LogP contribution < -0.4 is 10.6 Å². The minimum absolute atomic E-state index is 0. The molecule has 0 spiro atoms. The minimum atomic E-state index is 0. The van der Waals surface area contributed by atoms with Gasteiger partial charge in [-0.1, -0.05) is 43.2 Å². The van der Waals surface area contributed by atoms with Crippen LogP contribution in [-0.4, -0.2) is 42.5 Å². The van der Waals surface area contributed by atoms with Crippen molar-refractivity contribution >= 4 is 18.3 Å². The summed E-state index contributed by atoms with van der Waals surface area (Å²) in [6, 6.07) is 11.2. The molecule has 1 amide bonds. The summed E-state index contributed by atoms with van der Waals surface area (Å²) in [6.45, 7) is 3.87. The van der Waals surface area contributed by atoms with E-state index in [-0.39, 0.29) is 30.4 Å². The maximum atomic E-state index is 12.5. The average Bonchev–Trinajstić information content (AvgIpc) is 2.99. The molecule has 4 atom stereocenters. The van der Waals surface area contributed by atoms with Crippen LogP contribution in [0.25, 0.3) is 0 Å². The second kappa shape index (κ2) is 9.56. The third-order valence-corrected chi connectivity index (χ3v) is 5.45. The van der Waals surface area contributed by atoms with Gasteiger partial charge in [-0.15, -0.1) is 12.4 Å². The first-order valence-electron chi connectivity index (χ1n) is 9.40. The van der Waals surface area contributed by atoms with Gasteiger partial charge >= 0.3 is 0 Å². The Morgan fingerprint density at radius 3 is 2.72 bits per heavy atom. The lowest BCUT2D eigenvalue weighted by Gasteiger charge is -2.24. The number of carbonyl (C=O) groups excluding carboxylic acids is 1. The van der Waals surface area contributed by atoms with E-state index in [1.807, 2.05) is 6.07 Å². The molecule has 25 heavy (non-hydrogen) atoms. The number of fused-ring (bicyclic) bond motifs is 1. The number of likely N-dealkylation sites (N-methyl/N-ethyl adjacent to an activating group) is 1. The van der Waals surface area contributed by atoms with Crippen LogP contribution in [0.2, 0.25) is 0 Å². The molecular weight excluding hydrogens is 334 g/mol. The first-order chi connectivity index (χ1) is 11.6. The van der Waals surface area contributed by atoms with Crippen LogP contribution in [-0.2, 0) is 11.3 Å². The molecular formula is C20H32ClN3O. The lowest BCUT2D eigenvalue weighted by atomic mass is 9.85. The highest BCUT2D eigenvalue weighted by Gasteiger charge is 2.38. The molecule has 0 aromatic heterocycles. The van der Waals surface area contributed by atoms with Gasteiger partial charge in [0.15, 0.2) is 0 Å². The molecule has 3 rings (SSSR count). The van der Waals surface area contributed by atoms with Crippen LogP contribution in [0.4, 0.5) is 0 Å². The topological polar surface area (TPSA) is 44.4 Å². The number of benzene rings is 1. The van der Waals surface area contributed by atoms with Crippen molar-refractivity contribution in [3.05, 3.63) is 35.9 Å². The van der Waals surface area contributed by atoms with Gasteiger partial charge in [0.1, 0.15) is 0 Å². The van der Waals surface area contributed by atoms with Crippen molar-refractivity contribution < 1.29 is 4.79 Å². The van der Waals surface area contributed by atoms with Crippen molar-refractivity contribution in [1.29, 1.82) is 0 Å². The van der Waals surface area contributed by atoms with Crippen LogP contribution in [0.15, 0.2) is 30.3 Å². The van der Waals surface area contributed by atoms with E-state index in [9.17, 15) is 4.79 Å². The van der Waals surface area contributed by atoms with Gasteiger partial charge in [-0.2, -0.15) is 0 Å². The van der Waals surface area contributed by atoms with Gasteiger partial charge in [-0.25, -0.2) is 0 Å². The van der Waals surface area contributed by atoms with E-state index in [1.54, 1.807) is 0 Å². The summed E-state index contributed by atoms with van der Waals surface area (Å²) in [6.07, 6.45) is 6.19. The lowest BCUT2D eigenvalue weighted by molar-refractivity contribution is -0.123. The van der Waals surface area contributed by atoms with Crippen molar-refractivity contribution in [2.45, 2.75) is 63.7 Å². The second-order valence-electron chi connectivity index (χ2n) is 7.70. The molecule has 1 saturated heterocycles. The highest BCUT2D eigenvalue weighted by Crippen LogP contribution is 2.33. The summed E-state index contributed by atoms with van der Waals surface area (Å²) in [7, 11) is 2.11. The summed E-state index contributed by atoms with van der Waals surface area (Å²) in [4.78, 5) is 14.8. The van der Waals surface area contributed by atoms with Crippen LogP contribution in [0.1, 0.15) is 44.6 Å². The van der Waals surface area contributed by atoms with Gasteiger partial charge < -0.3 is 15.5 Å². The zero-order chi connectivity index (χ0) is 16.9. The van der Waals surface area contributed by atoms with Gasteiger partial charge in [-0.3, -0.25) is 4.79 Å².